The third-order valence-corrected chi connectivity index (χ3v) is 4.44. The maximum atomic E-state index is 13.4. The summed E-state index contributed by atoms with van der Waals surface area (Å²) in [5.74, 6) is 0.253. The lowest BCUT2D eigenvalue weighted by Gasteiger charge is -2.25. The van der Waals surface area contributed by atoms with Gasteiger partial charge in [0.15, 0.2) is 5.69 Å². The van der Waals surface area contributed by atoms with Crippen LogP contribution in [-0.2, 0) is 11.3 Å². The number of nitrogens with zero attached hydrogens (tertiary/aromatic N) is 2. The van der Waals surface area contributed by atoms with Gasteiger partial charge in [0.25, 0.3) is 11.5 Å². The van der Waals surface area contributed by atoms with Crippen LogP contribution in [0.1, 0.15) is 24.2 Å². The topological polar surface area (TPSA) is 129 Å². The number of methoxy groups -OCH3 is 3. The number of rotatable bonds is 9. The minimum atomic E-state index is -0.755. The SMILES string of the molecule is COCCN(C(=O)c1ccc(OC)cc1OC)c1c(N)n(CC(C)C)c(=O)[nH]c1=O. The molecule has 10 heteroatoms. The predicted molar refractivity (Wildman–Crippen MR) is 114 cm³/mol. The second-order valence-corrected chi connectivity index (χ2v) is 7.01. The fourth-order valence-electron chi connectivity index (χ4n) is 3.00. The van der Waals surface area contributed by atoms with Gasteiger partial charge in [0.2, 0.25) is 0 Å². The number of H-pyrrole nitrogens is 1. The summed E-state index contributed by atoms with van der Waals surface area (Å²) >= 11 is 0. The van der Waals surface area contributed by atoms with Crippen LogP contribution in [0, 0.1) is 5.92 Å². The van der Waals surface area contributed by atoms with Gasteiger partial charge in [-0.15, -0.1) is 0 Å². The lowest BCUT2D eigenvalue weighted by molar-refractivity contribution is 0.0972. The smallest absolute Gasteiger partial charge is 0.330 e. The number of amides is 1. The molecule has 30 heavy (non-hydrogen) atoms. The highest BCUT2D eigenvalue weighted by Gasteiger charge is 2.27. The number of hydrogen-bond donors (Lipinski definition) is 2. The van der Waals surface area contributed by atoms with Crippen LogP contribution >= 0.6 is 0 Å². The van der Waals surface area contributed by atoms with E-state index in [1.807, 2.05) is 13.8 Å². The van der Waals surface area contributed by atoms with E-state index in [0.717, 1.165) is 0 Å². The van der Waals surface area contributed by atoms with Crippen LogP contribution < -0.4 is 31.4 Å². The maximum absolute atomic E-state index is 13.4. The molecule has 2 aromatic rings. The normalized spacial score (nSPS) is 10.9. The Kier molecular flexibility index (Phi) is 7.65. The number of aromatic nitrogens is 2. The first-order chi connectivity index (χ1) is 14.2. The van der Waals surface area contributed by atoms with Crippen LogP contribution in [0.4, 0.5) is 11.5 Å². The molecule has 0 aliphatic rings. The van der Waals surface area contributed by atoms with Crippen LogP contribution in [0.2, 0.25) is 0 Å². The van der Waals surface area contributed by atoms with Crippen molar-refractivity contribution in [1.82, 2.24) is 9.55 Å². The van der Waals surface area contributed by atoms with Crippen molar-refractivity contribution in [3.63, 3.8) is 0 Å². The van der Waals surface area contributed by atoms with Gasteiger partial charge >= 0.3 is 5.69 Å². The van der Waals surface area contributed by atoms with Crippen LogP contribution in [0.5, 0.6) is 11.5 Å². The first kappa shape index (κ1) is 23.0. The molecule has 0 atom stereocenters. The van der Waals surface area contributed by atoms with E-state index in [1.54, 1.807) is 12.1 Å². The summed E-state index contributed by atoms with van der Waals surface area (Å²) < 4.78 is 16.8. The summed E-state index contributed by atoms with van der Waals surface area (Å²) in [7, 11) is 4.40. The highest BCUT2D eigenvalue weighted by Crippen LogP contribution is 2.28. The maximum Gasteiger partial charge on any atom is 0.330 e. The average Bonchev–Trinajstić information content (AvgIpc) is 2.72. The third-order valence-electron chi connectivity index (χ3n) is 4.44. The third kappa shape index (κ3) is 4.82. The van der Waals surface area contributed by atoms with Crippen molar-refractivity contribution in [2.75, 3.05) is 45.1 Å². The summed E-state index contributed by atoms with van der Waals surface area (Å²) in [4.78, 5) is 41.8. The summed E-state index contributed by atoms with van der Waals surface area (Å²) in [6.07, 6.45) is 0. The predicted octanol–water partition coefficient (Wildman–Crippen LogP) is 1.09. The van der Waals surface area contributed by atoms with Gasteiger partial charge in [0.05, 0.1) is 26.4 Å². The minimum Gasteiger partial charge on any atom is -0.497 e. The van der Waals surface area contributed by atoms with E-state index >= 15 is 0 Å². The van der Waals surface area contributed by atoms with Crippen molar-refractivity contribution in [3.8, 4) is 11.5 Å². The molecule has 1 aromatic heterocycles. The number of nitrogens with one attached hydrogen (secondary N) is 1. The van der Waals surface area contributed by atoms with Gasteiger partial charge in [-0.25, -0.2) is 4.79 Å². The summed E-state index contributed by atoms with van der Waals surface area (Å²) in [6.45, 7) is 4.29. The number of aromatic amines is 1. The van der Waals surface area contributed by atoms with Crippen LogP contribution in [-0.4, -0.2) is 49.9 Å². The molecule has 0 aliphatic heterocycles. The molecule has 0 saturated heterocycles. The largest absolute Gasteiger partial charge is 0.497 e. The van der Waals surface area contributed by atoms with Crippen LogP contribution in [0.3, 0.4) is 0 Å². The Morgan fingerprint density at radius 1 is 1.20 bits per heavy atom. The van der Waals surface area contributed by atoms with Gasteiger partial charge in [-0.3, -0.25) is 24.0 Å². The number of anilines is 2. The van der Waals surface area contributed by atoms with E-state index in [4.69, 9.17) is 19.9 Å². The first-order valence-corrected chi connectivity index (χ1v) is 9.40. The Hall–Kier alpha value is -3.27. The number of benzene rings is 1. The van der Waals surface area contributed by atoms with Gasteiger partial charge in [0, 0.05) is 26.3 Å². The molecule has 0 spiro atoms. The lowest BCUT2D eigenvalue weighted by Crippen LogP contribution is -2.43. The molecule has 3 N–H and O–H groups in total. The quantitative estimate of drug-likeness (QED) is 0.621. The highest BCUT2D eigenvalue weighted by molar-refractivity contribution is 6.09. The lowest BCUT2D eigenvalue weighted by atomic mass is 10.1. The molecule has 0 fully saturated rings. The number of nitrogen functional groups attached to an aromatic ring is 1. The van der Waals surface area contributed by atoms with E-state index in [-0.39, 0.29) is 48.4 Å². The van der Waals surface area contributed by atoms with Crippen molar-refractivity contribution in [3.05, 3.63) is 44.6 Å². The standard InChI is InChI=1S/C20H28N4O6/c1-12(2)11-24-17(21)16(18(25)22-20(24)27)23(8-9-28-3)19(26)14-7-6-13(29-4)10-15(14)30-5/h6-7,10,12H,8-9,11,21H2,1-5H3,(H,22,25,27). The van der Waals surface area contributed by atoms with E-state index in [2.05, 4.69) is 4.98 Å². The van der Waals surface area contributed by atoms with E-state index in [9.17, 15) is 14.4 Å². The molecule has 0 unspecified atom stereocenters. The average molecular weight is 420 g/mol. The molecule has 0 saturated carbocycles. The van der Waals surface area contributed by atoms with Gasteiger partial charge < -0.3 is 19.9 Å². The Labute approximate surface area is 174 Å². The van der Waals surface area contributed by atoms with Crippen molar-refractivity contribution in [2.45, 2.75) is 20.4 Å². The molecule has 0 aliphatic carbocycles. The van der Waals surface area contributed by atoms with Gasteiger partial charge in [0.1, 0.15) is 17.3 Å². The summed E-state index contributed by atoms with van der Waals surface area (Å²) in [6, 6.07) is 4.71. The van der Waals surface area contributed by atoms with Crippen molar-refractivity contribution < 1.29 is 19.0 Å². The van der Waals surface area contributed by atoms with Gasteiger partial charge in [-0.1, -0.05) is 13.8 Å². The first-order valence-electron chi connectivity index (χ1n) is 9.40. The van der Waals surface area contributed by atoms with Gasteiger partial charge in [-0.2, -0.15) is 0 Å². The monoisotopic (exact) mass is 420 g/mol. The van der Waals surface area contributed by atoms with Crippen molar-refractivity contribution in [2.24, 2.45) is 5.92 Å². The molecule has 1 heterocycles. The zero-order valence-electron chi connectivity index (χ0n) is 17.9. The zero-order valence-corrected chi connectivity index (χ0v) is 17.9. The second kappa shape index (κ2) is 9.97. The molecule has 1 amide bonds. The fraction of sp³-hybridized carbons (Fsp3) is 0.450. The minimum absolute atomic E-state index is 0.0394. The number of nitrogens with two attached hydrogens (primary N) is 1. The van der Waals surface area contributed by atoms with E-state index in [0.29, 0.717) is 5.75 Å². The van der Waals surface area contributed by atoms with E-state index in [1.165, 1.54) is 36.9 Å². The Morgan fingerprint density at radius 2 is 1.90 bits per heavy atom. The van der Waals surface area contributed by atoms with Crippen LogP contribution in [0.15, 0.2) is 27.8 Å². The molecular formula is C20H28N4O6. The Balaban J connectivity index is 2.65. The van der Waals surface area contributed by atoms with Gasteiger partial charge in [-0.05, 0) is 18.1 Å². The number of ether oxygens (including phenoxy) is 3. The Bertz CT molecular complexity index is 1010. The molecule has 10 nitrogen and oxygen atoms in total. The highest BCUT2D eigenvalue weighted by atomic mass is 16.5. The molecule has 1 aromatic carbocycles. The molecule has 0 bridgehead atoms. The fourth-order valence-corrected chi connectivity index (χ4v) is 3.00. The Morgan fingerprint density at radius 3 is 2.47 bits per heavy atom. The summed E-state index contributed by atoms with van der Waals surface area (Å²) in [5, 5.41) is 0. The molecule has 0 radical (unpaired) electrons. The van der Waals surface area contributed by atoms with Crippen molar-refractivity contribution >= 4 is 17.4 Å². The molecular weight excluding hydrogens is 392 g/mol. The van der Waals surface area contributed by atoms with E-state index < -0.39 is 17.2 Å². The number of hydrogen-bond acceptors (Lipinski definition) is 7. The zero-order chi connectivity index (χ0) is 22.4. The number of carbonyl (C=O) groups is 1. The van der Waals surface area contributed by atoms with Crippen molar-refractivity contribution in [1.29, 1.82) is 0 Å². The molecule has 164 valence electrons. The summed E-state index contributed by atoms with van der Waals surface area (Å²) in [5.41, 5.74) is 4.90. The number of carbonyl (C=O) groups excluding carboxylic acids is 1. The molecule has 2 rings (SSSR count). The van der Waals surface area contributed by atoms with Crippen LogP contribution in [0.25, 0.3) is 0 Å². The second-order valence-electron chi connectivity index (χ2n) is 7.01.